The van der Waals surface area contributed by atoms with Gasteiger partial charge in [0.25, 0.3) is 0 Å². The third-order valence-electron chi connectivity index (χ3n) is 3.25. The lowest BCUT2D eigenvalue weighted by Crippen LogP contribution is -2.04. The Kier molecular flexibility index (Phi) is 6.36. The van der Waals surface area contributed by atoms with E-state index in [4.69, 9.17) is 9.47 Å². The fourth-order valence-corrected chi connectivity index (χ4v) is 3.00. The van der Waals surface area contributed by atoms with E-state index in [-0.39, 0.29) is 0 Å². The molecule has 0 spiro atoms. The van der Waals surface area contributed by atoms with Crippen LogP contribution in [-0.4, -0.2) is 13.7 Å². The average molecular weight is 411 g/mol. The molecule has 0 aliphatic heterocycles. The zero-order chi connectivity index (χ0) is 15.9. The maximum absolute atomic E-state index is 5.79. The number of methoxy groups -OCH3 is 1. The lowest BCUT2D eigenvalue weighted by atomic mass is 10.2. The van der Waals surface area contributed by atoms with Crippen molar-refractivity contribution in [1.82, 2.24) is 0 Å². The van der Waals surface area contributed by atoms with E-state index in [1.165, 1.54) is 11.1 Å². The number of benzene rings is 2. The van der Waals surface area contributed by atoms with Gasteiger partial charge in [0.1, 0.15) is 0 Å². The Morgan fingerprint density at radius 2 is 2.00 bits per heavy atom. The van der Waals surface area contributed by atoms with Gasteiger partial charge >= 0.3 is 0 Å². The summed E-state index contributed by atoms with van der Waals surface area (Å²) in [4.78, 5) is 0. The molecular weight excluding hydrogens is 389 g/mol. The smallest absolute Gasteiger partial charge is 0.174 e. The van der Waals surface area contributed by atoms with Gasteiger partial charge in [-0.2, -0.15) is 0 Å². The second kappa shape index (κ2) is 8.27. The first-order chi connectivity index (χ1) is 10.6. The first-order valence-corrected chi connectivity index (χ1v) is 8.51. The summed E-state index contributed by atoms with van der Waals surface area (Å²) >= 11 is 2.30. The van der Waals surface area contributed by atoms with Crippen LogP contribution in [0.5, 0.6) is 11.5 Å². The number of aryl methyl sites for hydroxylation is 1. The molecule has 0 saturated carbocycles. The van der Waals surface area contributed by atoms with Gasteiger partial charge in [0, 0.05) is 12.2 Å². The van der Waals surface area contributed by atoms with Crippen molar-refractivity contribution in [2.75, 3.05) is 19.0 Å². The predicted molar refractivity (Wildman–Crippen MR) is 100 cm³/mol. The van der Waals surface area contributed by atoms with Crippen molar-refractivity contribution in [1.29, 1.82) is 0 Å². The zero-order valence-electron chi connectivity index (χ0n) is 13.3. The van der Waals surface area contributed by atoms with Crippen molar-refractivity contribution in [3.05, 3.63) is 51.1 Å². The molecule has 2 aromatic carbocycles. The topological polar surface area (TPSA) is 30.5 Å². The summed E-state index contributed by atoms with van der Waals surface area (Å²) in [5.74, 6) is 1.63. The highest BCUT2D eigenvalue weighted by atomic mass is 127. The summed E-state index contributed by atoms with van der Waals surface area (Å²) in [7, 11) is 1.68. The van der Waals surface area contributed by atoms with Crippen molar-refractivity contribution in [3.8, 4) is 11.5 Å². The molecule has 0 atom stereocenters. The number of ether oxygens (including phenoxy) is 2. The summed E-state index contributed by atoms with van der Waals surface area (Å²) in [6, 6.07) is 12.5. The first-order valence-electron chi connectivity index (χ1n) is 7.43. The highest BCUT2D eigenvalue weighted by Crippen LogP contribution is 2.34. The van der Waals surface area contributed by atoms with E-state index in [0.29, 0.717) is 6.61 Å². The fourth-order valence-electron chi connectivity index (χ4n) is 2.18. The Balaban J connectivity index is 2.13. The van der Waals surface area contributed by atoms with Gasteiger partial charge in [-0.25, -0.2) is 0 Å². The predicted octanol–water partition coefficient (Wildman–Crippen LogP) is 5.01. The molecule has 0 radical (unpaired) electrons. The van der Waals surface area contributed by atoms with Gasteiger partial charge in [0.05, 0.1) is 17.3 Å². The highest BCUT2D eigenvalue weighted by molar-refractivity contribution is 14.1. The zero-order valence-corrected chi connectivity index (χ0v) is 15.4. The molecule has 2 aromatic rings. The van der Waals surface area contributed by atoms with E-state index in [1.807, 2.05) is 6.07 Å². The third kappa shape index (κ3) is 4.53. The van der Waals surface area contributed by atoms with Crippen molar-refractivity contribution >= 4 is 28.3 Å². The molecular formula is C18H22INO2. The van der Waals surface area contributed by atoms with Crippen LogP contribution in [0, 0.1) is 10.5 Å². The molecule has 0 aliphatic rings. The summed E-state index contributed by atoms with van der Waals surface area (Å²) in [6.45, 7) is 5.65. The number of hydrogen-bond acceptors (Lipinski definition) is 3. The van der Waals surface area contributed by atoms with Crippen molar-refractivity contribution in [3.63, 3.8) is 0 Å². The Bertz CT molecular complexity index is 628. The van der Waals surface area contributed by atoms with Crippen LogP contribution >= 0.6 is 22.6 Å². The molecule has 0 fully saturated rings. The molecule has 0 aromatic heterocycles. The summed E-state index contributed by atoms with van der Waals surface area (Å²) < 4.78 is 12.3. The molecule has 118 valence electrons. The third-order valence-corrected chi connectivity index (χ3v) is 4.06. The minimum absolute atomic E-state index is 0.702. The van der Waals surface area contributed by atoms with Crippen molar-refractivity contribution < 1.29 is 9.47 Å². The van der Waals surface area contributed by atoms with Gasteiger partial charge in [-0.3, -0.25) is 0 Å². The van der Waals surface area contributed by atoms with Crippen LogP contribution in [0.25, 0.3) is 0 Å². The van der Waals surface area contributed by atoms with Gasteiger partial charge in [-0.05, 0) is 71.3 Å². The number of halogens is 1. The van der Waals surface area contributed by atoms with E-state index < -0.39 is 0 Å². The largest absolute Gasteiger partial charge is 0.493 e. The minimum atomic E-state index is 0.702. The molecule has 0 heterocycles. The summed E-state index contributed by atoms with van der Waals surface area (Å²) in [6.07, 6.45) is 0.982. The van der Waals surface area contributed by atoms with Crippen LogP contribution in [0.3, 0.4) is 0 Å². The SMILES string of the molecule is CCCOc1c(I)cc(CNc2cccc(C)c2)cc1OC. The molecule has 4 heteroatoms. The standard InChI is InChI=1S/C18H22INO2/c1-4-8-22-18-16(19)10-14(11-17(18)21-3)12-20-15-7-5-6-13(2)9-15/h5-7,9-11,20H,4,8,12H2,1-3H3. The quantitative estimate of drug-likeness (QED) is 0.650. The molecule has 0 bridgehead atoms. The molecule has 0 aliphatic carbocycles. The maximum atomic E-state index is 5.79. The minimum Gasteiger partial charge on any atom is -0.493 e. The van der Waals surface area contributed by atoms with Gasteiger partial charge in [-0.1, -0.05) is 19.1 Å². The number of rotatable bonds is 7. The van der Waals surface area contributed by atoms with Crippen LogP contribution in [0.15, 0.2) is 36.4 Å². The molecule has 0 saturated heterocycles. The van der Waals surface area contributed by atoms with Crippen LogP contribution in [0.1, 0.15) is 24.5 Å². The molecule has 3 nitrogen and oxygen atoms in total. The second-order valence-electron chi connectivity index (χ2n) is 5.18. The lowest BCUT2D eigenvalue weighted by molar-refractivity contribution is 0.292. The van der Waals surface area contributed by atoms with Gasteiger partial charge in [-0.15, -0.1) is 0 Å². The lowest BCUT2D eigenvalue weighted by Gasteiger charge is -2.15. The van der Waals surface area contributed by atoms with E-state index in [9.17, 15) is 0 Å². The monoisotopic (exact) mass is 411 g/mol. The first kappa shape index (κ1) is 16.9. The summed E-state index contributed by atoms with van der Waals surface area (Å²) in [5.41, 5.74) is 3.55. The second-order valence-corrected chi connectivity index (χ2v) is 6.34. The normalized spacial score (nSPS) is 10.4. The molecule has 1 N–H and O–H groups in total. The van der Waals surface area contributed by atoms with Gasteiger partial charge in [0.2, 0.25) is 0 Å². The van der Waals surface area contributed by atoms with Crippen LogP contribution in [0.2, 0.25) is 0 Å². The van der Waals surface area contributed by atoms with Crippen molar-refractivity contribution in [2.24, 2.45) is 0 Å². The summed E-state index contributed by atoms with van der Waals surface area (Å²) in [5, 5.41) is 3.44. The van der Waals surface area contributed by atoms with Crippen LogP contribution in [-0.2, 0) is 6.54 Å². The highest BCUT2D eigenvalue weighted by Gasteiger charge is 2.11. The fraction of sp³-hybridized carbons (Fsp3) is 0.333. The Morgan fingerprint density at radius 3 is 2.68 bits per heavy atom. The molecule has 22 heavy (non-hydrogen) atoms. The van der Waals surface area contributed by atoms with Gasteiger partial charge in [0.15, 0.2) is 11.5 Å². The van der Waals surface area contributed by atoms with Crippen molar-refractivity contribution in [2.45, 2.75) is 26.8 Å². The number of anilines is 1. The number of hydrogen-bond donors (Lipinski definition) is 1. The average Bonchev–Trinajstić information content (AvgIpc) is 2.51. The van der Waals surface area contributed by atoms with E-state index in [2.05, 4.69) is 72.1 Å². The molecule has 2 rings (SSSR count). The van der Waals surface area contributed by atoms with E-state index in [1.54, 1.807) is 7.11 Å². The molecule has 0 unspecified atom stereocenters. The Labute approximate surface area is 146 Å². The molecule has 0 amide bonds. The number of nitrogens with one attached hydrogen (secondary N) is 1. The van der Waals surface area contributed by atoms with Gasteiger partial charge < -0.3 is 14.8 Å². The van der Waals surface area contributed by atoms with E-state index in [0.717, 1.165) is 33.7 Å². The van der Waals surface area contributed by atoms with E-state index >= 15 is 0 Å². The Morgan fingerprint density at radius 1 is 1.18 bits per heavy atom. The maximum Gasteiger partial charge on any atom is 0.174 e. The van der Waals surface area contributed by atoms with Crippen LogP contribution < -0.4 is 14.8 Å². The Hall–Kier alpha value is -1.43. The van der Waals surface area contributed by atoms with Crippen LogP contribution in [0.4, 0.5) is 5.69 Å².